The molecule has 10 heteroatoms. The van der Waals surface area contributed by atoms with Gasteiger partial charge in [-0.05, 0) is 203 Å². The minimum atomic E-state index is -0.662. The highest BCUT2D eigenvalue weighted by molar-refractivity contribution is 5.76. The Labute approximate surface area is 847 Å². The smallest absolute Gasteiger partial charge is 0.309 e. The van der Waals surface area contributed by atoms with Crippen molar-refractivity contribution in [3.8, 4) is 0 Å². The molecule has 0 aromatic rings. The van der Waals surface area contributed by atoms with Gasteiger partial charge in [-0.15, -0.1) is 0 Å². The highest BCUT2D eigenvalue weighted by Crippen LogP contribution is 2.51. The third-order valence-electron chi connectivity index (χ3n) is 30.2. The van der Waals surface area contributed by atoms with Gasteiger partial charge in [0.05, 0.1) is 18.3 Å². The lowest BCUT2D eigenvalue weighted by atomic mass is 9.63. The highest BCUT2D eigenvalue weighted by Gasteiger charge is 2.49. The quantitative estimate of drug-likeness (QED) is 0.0261. The van der Waals surface area contributed by atoms with Gasteiger partial charge in [0.2, 0.25) is 0 Å². The molecule has 1 saturated carbocycles. The predicted octanol–water partition coefficient (Wildman–Crippen LogP) is 41.6. The maximum atomic E-state index is 12.0. The molecule has 7 aliphatic carbocycles. The fraction of sp³-hybridized carbons (Fsp3) is 0.832. The standard InChI is InChI=1S/C28H46O2.C24H38O2.C23H42O2.C22H40O2.C15H26O2.13CH4/c1-4-7-10-12-15-22-17-18-24-19-25(21-28(29)30)23(14-9-6-3)20-27(24)26(22)16-13-11-8-5-2;1-4-7-9-10-11-19-13-14-20-15-18(6-3)21(17-24(25)26)16-23(20)22(19)12-8-5-2;1-4-7-9-11-13-15-21-20(14-12-10-8-5-2)17-16-19(6-3)22(21)18-23(24)25;1-4-7-9-11-13-15-20-19(14-12-10-8-5-2)17-16-18(6-3)21(20)22(23)24;1-3-5-6-7-8-11-9-13-12(4-2)14(10-11)17-15(13)16;;;;;;;;;;;;;/h9,14,17-18,20,22-26H,4-8,10-13,15-16,19,21H2,1-3H3,(H,29,30);12-14,16,18-21H,4-11,15,17H2,1-3H3,(H,25,26);16-17,19-22H,4-15,18H2,1-3H3,(H,24,25);16-21H,4-15H2,1-3H3,(H,23,24);11-14H,3-10H2,1-2H3;13*1H4/b;22-12+;;;;;;;;;;;;;;;;. The van der Waals surface area contributed by atoms with Crippen LogP contribution in [0.15, 0.2) is 95.7 Å². The molecule has 1 saturated heterocycles. The Morgan fingerprint density at radius 2 is 0.763 bits per heavy atom. The molecule has 0 spiro atoms. The average molecular weight is 1910 g/mol. The first-order valence-corrected chi connectivity index (χ1v) is 52.9. The van der Waals surface area contributed by atoms with E-state index in [-0.39, 0.29) is 157 Å². The lowest BCUT2D eigenvalue weighted by Crippen LogP contribution is -2.37. The van der Waals surface area contributed by atoms with E-state index in [2.05, 4.69) is 176 Å². The van der Waals surface area contributed by atoms with Gasteiger partial charge in [-0.1, -0.05) is 516 Å². The lowest BCUT2D eigenvalue weighted by Gasteiger charge is -2.41. The van der Waals surface area contributed by atoms with Crippen molar-refractivity contribution < 1.29 is 49.1 Å². The molecule has 0 radical (unpaired) electrons. The van der Waals surface area contributed by atoms with Crippen molar-refractivity contribution in [2.24, 2.45) is 118 Å². The van der Waals surface area contributed by atoms with Crippen molar-refractivity contribution in [2.45, 2.75) is 559 Å². The first-order chi connectivity index (χ1) is 59.2. The highest BCUT2D eigenvalue weighted by atomic mass is 16.6. The van der Waals surface area contributed by atoms with Crippen LogP contribution in [-0.4, -0.2) is 56.4 Å². The van der Waals surface area contributed by atoms with E-state index < -0.39 is 23.9 Å². The lowest BCUT2D eigenvalue weighted by molar-refractivity contribution is -0.147. The Kier molecular flexibility index (Phi) is 102. The molecule has 8 aliphatic rings. The zero-order valence-electron chi connectivity index (χ0n) is 81.5. The number of hydrogen-bond acceptors (Lipinski definition) is 6. The summed E-state index contributed by atoms with van der Waals surface area (Å²) in [4.78, 5) is 58.0. The van der Waals surface area contributed by atoms with E-state index in [9.17, 15) is 44.4 Å². The zero-order chi connectivity index (χ0) is 89.2. The van der Waals surface area contributed by atoms with E-state index in [1.54, 1.807) is 5.57 Å². The second-order valence-corrected chi connectivity index (χ2v) is 39.5. The van der Waals surface area contributed by atoms with E-state index in [0.717, 1.165) is 76.5 Å². The maximum absolute atomic E-state index is 12.0. The monoisotopic (exact) mass is 1910 g/mol. The summed E-state index contributed by atoms with van der Waals surface area (Å²) < 4.78 is 5.51. The van der Waals surface area contributed by atoms with Gasteiger partial charge in [-0.2, -0.15) is 0 Å². The van der Waals surface area contributed by atoms with Gasteiger partial charge >= 0.3 is 29.8 Å². The van der Waals surface area contributed by atoms with E-state index in [4.69, 9.17) is 4.74 Å². The molecule has 804 valence electrons. The summed E-state index contributed by atoms with van der Waals surface area (Å²) in [6.07, 6.45) is 98.4. The second kappa shape index (κ2) is 91.7. The van der Waals surface area contributed by atoms with Gasteiger partial charge in [0, 0.05) is 30.6 Å². The van der Waals surface area contributed by atoms with Crippen molar-refractivity contribution in [3.05, 3.63) is 95.7 Å². The number of fused-ring (bicyclic) bond motifs is 4. The average Bonchev–Trinajstić information content (AvgIpc) is 1.70. The zero-order valence-corrected chi connectivity index (χ0v) is 81.5. The minimum Gasteiger partial charge on any atom is -0.481 e. The maximum Gasteiger partial charge on any atom is 0.309 e. The van der Waals surface area contributed by atoms with Gasteiger partial charge in [-0.3, -0.25) is 24.0 Å². The van der Waals surface area contributed by atoms with Gasteiger partial charge in [-0.25, -0.2) is 0 Å². The van der Waals surface area contributed by atoms with Crippen molar-refractivity contribution in [1.82, 2.24) is 0 Å². The number of allylic oxidation sites excluding steroid dienone is 16. The summed E-state index contributed by atoms with van der Waals surface area (Å²) >= 11 is 0. The normalized spacial score (nSPS) is 26.1. The van der Waals surface area contributed by atoms with E-state index >= 15 is 0 Å². The number of carbonyl (C=O) groups is 5. The van der Waals surface area contributed by atoms with Gasteiger partial charge in [0.15, 0.2) is 0 Å². The molecule has 8 rings (SSSR count). The summed E-state index contributed by atoms with van der Waals surface area (Å²) in [5.41, 5.74) is 4.61. The van der Waals surface area contributed by atoms with Crippen LogP contribution in [0, 0.1) is 118 Å². The van der Waals surface area contributed by atoms with E-state index in [1.807, 2.05) is 0 Å². The van der Waals surface area contributed by atoms with Gasteiger partial charge in [0.1, 0.15) is 6.10 Å². The van der Waals surface area contributed by atoms with Crippen LogP contribution < -0.4 is 0 Å². The van der Waals surface area contributed by atoms with E-state index in [0.29, 0.717) is 83.4 Å². The molecule has 10 nitrogen and oxygen atoms in total. The molecular formula is C125H244O10. The fourth-order valence-corrected chi connectivity index (χ4v) is 23.0. The van der Waals surface area contributed by atoms with Crippen LogP contribution >= 0.6 is 0 Å². The number of aliphatic carboxylic acids is 4. The van der Waals surface area contributed by atoms with Crippen LogP contribution in [0.1, 0.15) is 553 Å². The molecule has 0 amide bonds. The van der Waals surface area contributed by atoms with Crippen molar-refractivity contribution in [2.75, 3.05) is 0 Å². The number of carboxylic acids is 4. The number of esters is 1. The number of rotatable bonds is 57. The van der Waals surface area contributed by atoms with E-state index in [1.165, 1.54) is 281 Å². The largest absolute Gasteiger partial charge is 0.481 e. The summed E-state index contributed by atoms with van der Waals surface area (Å²) in [6, 6.07) is 0. The molecule has 21 unspecified atom stereocenters. The summed E-state index contributed by atoms with van der Waals surface area (Å²) in [5, 5.41) is 38.1. The molecule has 0 aromatic heterocycles. The SMILES string of the molecule is C.C.C.C.C.C.C.C.C.C.C.C.C.CCC/C=C1/C2=CC(CC(=O)O)C(CC)CC2C=CC1CCCCCC.CCC=CC1C=C2C(C=CC(CCCCCC)C2CCCCCC)CC1CC(=O)O.CCCCCCC1CC2OC(=O)C(C1)C2CC.CCCCCCCC1C(CCCCCC)C=CC(CC)C1C(=O)O.CCCCCCCC1C(CCCCCC)C=CC(CC)C1CC(=O)O. The molecule has 1 heterocycles. The Hall–Kier alpha value is -4.73. The Morgan fingerprint density at radius 1 is 0.348 bits per heavy atom. The van der Waals surface area contributed by atoms with Crippen molar-refractivity contribution in [3.63, 3.8) is 0 Å². The van der Waals surface area contributed by atoms with Crippen LogP contribution in [0.5, 0.6) is 0 Å². The van der Waals surface area contributed by atoms with Gasteiger partial charge < -0.3 is 25.2 Å². The summed E-state index contributed by atoms with van der Waals surface area (Å²) in [7, 11) is 0. The number of unbranched alkanes of at least 4 members (excludes halogenated alkanes) is 27. The summed E-state index contributed by atoms with van der Waals surface area (Å²) in [5.74, 6) is 6.04. The minimum absolute atomic E-state index is 0. The third kappa shape index (κ3) is 56.1. The number of ether oxygens (including phenoxy) is 1. The number of hydrogen-bond donors (Lipinski definition) is 4. The number of carboxylic acid groups (broad SMARTS) is 4. The number of carbonyl (C=O) groups excluding carboxylic acids is 1. The molecule has 2 fully saturated rings. The molecule has 0 aromatic carbocycles. The van der Waals surface area contributed by atoms with Crippen molar-refractivity contribution in [1.29, 1.82) is 0 Å². The molecule has 21 atom stereocenters. The van der Waals surface area contributed by atoms with Crippen LogP contribution in [0.3, 0.4) is 0 Å². The third-order valence-corrected chi connectivity index (χ3v) is 30.2. The van der Waals surface area contributed by atoms with Gasteiger partial charge in [0.25, 0.3) is 0 Å². The molecule has 135 heavy (non-hydrogen) atoms. The molecular weight excluding hydrogens is 1660 g/mol. The Balaban J connectivity index is -0.000000178. The fourth-order valence-electron chi connectivity index (χ4n) is 23.0. The first kappa shape index (κ1) is 150. The topological polar surface area (TPSA) is 175 Å². The van der Waals surface area contributed by atoms with Crippen molar-refractivity contribution >= 4 is 29.8 Å². The molecule has 4 N–H and O–H groups in total. The predicted molar refractivity (Wildman–Crippen MR) is 606 cm³/mol. The second-order valence-electron chi connectivity index (χ2n) is 39.5. The Morgan fingerprint density at radius 3 is 1.21 bits per heavy atom. The summed E-state index contributed by atoms with van der Waals surface area (Å²) in [6.45, 7) is 31.2. The van der Waals surface area contributed by atoms with Crippen LogP contribution in [0.25, 0.3) is 0 Å². The molecule has 1 aliphatic heterocycles. The Bertz CT molecular complexity index is 3030. The van der Waals surface area contributed by atoms with Crippen LogP contribution in [0.4, 0.5) is 0 Å². The van der Waals surface area contributed by atoms with Crippen LogP contribution in [0.2, 0.25) is 0 Å². The van der Waals surface area contributed by atoms with Crippen LogP contribution in [-0.2, 0) is 28.7 Å². The molecule has 2 bridgehead atoms. The first-order valence-electron chi connectivity index (χ1n) is 52.9.